The molecule has 0 aromatic carbocycles. The molecule has 0 radical (unpaired) electrons. The summed E-state index contributed by atoms with van der Waals surface area (Å²) >= 11 is 1.50. The lowest BCUT2D eigenvalue weighted by Gasteiger charge is -2.38. The zero-order chi connectivity index (χ0) is 27.6. The van der Waals surface area contributed by atoms with Crippen LogP contribution < -0.4 is 5.73 Å². The summed E-state index contributed by atoms with van der Waals surface area (Å²) in [6.45, 7) is 0. The smallest absolute Gasteiger partial charge is 0.292 e. The maximum absolute atomic E-state index is 13.1. The molecular weight excluding hydrogens is 552 g/mol. The minimum atomic E-state index is -3.74. The van der Waals surface area contributed by atoms with Gasteiger partial charge in [-0.25, -0.2) is 18.4 Å². The van der Waals surface area contributed by atoms with E-state index in [4.69, 9.17) is 10.7 Å². The van der Waals surface area contributed by atoms with Gasteiger partial charge >= 0.3 is 0 Å². The Labute approximate surface area is 232 Å². The fourth-order valence-corrected chi connectivity index (χ4v) is 7.74. The fourth-order valence-electron chi connectivity index (χ4n) is 6.07. The van der Waals surface area contributed by atoms with Crippen LogP contribution in [0.1, 0.15) is 47.9 Å². The van der Waals surface area contributed by atoms with Gasteiger partial charge in [0.25, 0.3) is 5.91 Å². The number of nitrogens with one attached hydrogen (secondary N) is 1. The summed E-state index contributed by atoms with van der Waals surface area (Å²) in [6.07, 6.45) is 10.4. The Morgan fingerprint density at radius 1 is 1.15 bits per heavy atom. The van der Waals surface area contributed by atoms with E-state index in [9.17, 15) is 13.2 Å². The van der Waals surface area contributed by atoms with Gasteiger partial charge in [-0.05, 0) is 31.7 Å². The molecule has 7 heterocycles. The number of hydrogen-bond donors (Lipinski definition) is 2. The number of aromatic nitrogens is 8. The average Bonchev–Trinajstić information content (AvgIpc) is 3.74. The van der Waals surface area contributed by atoms with E-state index >= 15 is 0 Å². The van der Waals surface area contributed by atoms with Crippen LogP contribution in [0.5, 0.6) is 0 Å². The number of carbonyl (C=O) groups is 1. The number of H-pyrrole nitrogens is 1. The Morgan fingerprint density at radius 3 is 2.58 bits per heavy atom. The minimum Gasteiger partial charge on any atom is -0.382 e. The van der Waals surface area contributed by atoms with Gasteiger partial charge in [-0.15, -0.1) is 21.5 Å². The van der Waals surface area contributed by atoms with Gasteiger partial charge in [-0.3, -0.25) is 9.78 Å². The Kier molecular flexibility index (Phi) is 5.67. The van der Waals surface area contributed by atoms with Crippen molar-refractivity contribution in [1.29, 1.82) is 0 Å². The van der Waals surface area contributed by atoms with Gasteiger partial charge in [0.05, 0.1) is 17.6 Å². The van der Waals surface area contributed by atoms with Crippen molar-refractivity contribution in [2.24, 2.45) is 0 Å². The number of carbonyl (C=O) groups excluding carboxylic acids is 1. The highest BCUT2D eigenvalue weighted by Gasteiger charge is 2.46. The second-order valence-electron chi connectivity index (χ2n) is 10.1. The predicted molar refractivity (Wildman–Crippen MR) is 146 cm³/mol. The van der Waals surface area contributed by atoms with Crippen molar-refractivity contribution in [2.45, 2.75) is 48.6 Å². The summed E-state index contributed by atoms with van der Waals surface area (Å²) in [4.78, 5) is 31.6. The SMILES string of the molecule is CS(=O)(=O)c1c([C@H]2C[C@H]3CC[C@@H](C2)N3C(=O)c2nnc[nH]2)nc2c(-c3ccc(-c4nccs4)nc3)cnn2c1N. The van der Waals surface area contributed by atoms with E-state index in [2.05, 4.69) is 30.2 Å². The van der Waals surface area contributed by atoms with Crippen LogP contribution in [0.25, 0.3) is 27.5 Å². The molecular formula is C25H24N10O3S2. The third-order valence-electron chi connectivity index (χ3n) is 7.73. The van der Waals surface area contributed by atoms with Crippen LogP contribution in [0.4, 0.5) is 5.82 Å². The molecule has 13 nitrogen and oxygen atoms in total. The van der Waals surface area contributed by atoms with Gasteiger partial charge in [0.2, 0.25) is 5.82 Å². The molecule has 7 rings (SSSR count). The first kappa shape index (κ1) is 24.8. The standard InChI is InChI=1S/C25H24N10O3S2/c1-40(37,38)20-19(14-8-15-3-4-16(9-14)34(15)25(36)22-29-12-30-33-22)32-23-17(11-31-35(23)21(20)26)13-2-5-18(28-10-13)24-27-6-7-39-24/h2,5-7,10-12,14-16H,3-4,8-9,26H2,1H3,(H,29,30,33)/t14-,15+,16-. The molecule has 2 aliphatic rings. The van der Waals surface area contributed by atoms with Crippen LogP contribution in [-0.4, -0.2) is 77.3 Å². The summed E-state index contributed by atoms with van der Waals surface area (Å²) in [5.74, 6) is -0.175. The van der Waals surface area contributed by atoms with Gasteiger partial charge in [0, 0.05) is 53.2 Å². The molecule has 0 saturated carbocycles. The Bertz CT molecular complexity index is 1820. The molecule has 3 atom stereocenters. The number of hydrogen-bond acceptors (Lipinski definition) is 11. The number of amides is 1. The van der Waals surface area contributed by atoms with Crippen LogP contribution in [0.2, 0.25) is 0 Å². The molecule has 40 heavy (non-hydrogen) atoms. The largest absolute Gasteiger partial charge is 0.382 e. The van der Waals surface area contributed by atoms with Crippen LogP contribution in [0.3, 0.4) is 0 Å². The van der Waals surface area contributed by atoms with E-state index in [0.29, 0.717) is 29.7 Å². The highest BCUT2D eigenvalue weighted by molar-refractivity contribution is 7.91. The van der Waals surface area contributed by atoms with Crippen LogP contribution in [0, 0.1) is 0 Å². The van der Waals surface area contributed by atoms with E-state index in [1.165, 1.54) is 22.2 Å². The third-order valence-corrected chi connectivity index (χ3v) is 9.69. The number of nitrogens with zero attached hydrogens (tertiary/aromatic N) is 8. The maximum Gasteiger partial charge on any atom is 0.292 e. The normalized spacial score (nSPS) is 20.8. The third kappa shape index (κ3) is 3.95. The molecule has 2 aliphatic heterocycles. The number of fused-ring (bicyclic) bond motifs is 3. The van der Waals surface area contributed by atoms with Gasteiger partial charge in [0.1, 0.15) is 22.0 Å². The Hall–Kier alpha value is -4.24. The van der Waals surface area contributed by atoms with Gasteiger partial charge in [-0.1, -0.05) is 6.07 Å². The van der Waals surface area contributed by atoms with Gasteiger partial charge < -0.3 is 15.6 Å². The summed E-state index contributed by atoms with van der Waals surface area (Å²) in [6, 6.07) is 3.66. The second kappa shape index (κ2) is 9.16. The van der Waals surface area contributed by atoms with Crippen LogP contribution in [-0.2, 0) is 9.84 Å². The van der Waals surface area contributed by atoms with Crippen molar-refractivity contribution >= 4 is 38.5 Å². The molecule has 5 aromatic rings. The number of thiazole rings is 1. The summed E-state index contributed by atoms with van der Waals surface area (Å²) in [7, 11) is -3.74. The monoisotopic (exact) mass is 576 g/mol. The molecule has 2 saturated heterocycles. The first-order valence-electron chi connectivity index (χ1n) is 12.7. The molecule has 2 bridgehead atoms. The van der Waals surface area contributed by atoms with Crippen molar-refractivity contribution in [2.75, 3.05) is 12.0 Å². The topological polar surface area (TPSA) is 178 Å². The zero-order valence-corrected chi connectivity index (χ0v) is 22.9. The molecule has 0 unspecified atom stereocenters. The van der Waals surface area contributed by atoms with E-state index in [-0.39, 0.29) is 40.4 Å². The first-order chi connectivity index (χ1) is 19.3. The molecule has 5 aromatic heterocycles. The highest BCUT2D eigenvalue weighted by Crippen LogP contribution is 2.45. The fraction of sp³-hybridized carbons (Fsp3) is 0.320. The maximum atomic E-state index is 13.1. The van der Waals surface area contributed by atoms with E-state index < -0.39 is 9.84 Å². The van der Waals surface area contributed by atoms with Crippen molar-refractivity contribution in [3.05, 3.63) is 53.9 Å². The number of nitrogen functional groups attached to an aromatic ring is 1. The lowest BCUT2D eigenvalue weighted by atomic mass is 9.87. The molecule has 0 spiro atoms. The molecule has 204 valence electrons. The molecule has 0 aliphatic carbocycles. The van der Waals surface area contributed by atoms with E-state index in [0.717, 1.165) is 35.4 Å². The number of pyridine rings is 1. The van der Waals surface area contributed by atoms with Gasteiger partial charge in [-0.2, -0.15) is 9.61 Å². The number of anilines is 1. The zero-order valence-electron chi connectivity index (χ0n) is 21.3. The lowest BCUT2D eigenvalue weighted by molar-refractivity contribution is 0.0556. The molecule has 1 amide bonds. The van der Waals surface area contributed by atoms with Crippen molar-refractivity contribution < 1.29 is 13.2 Å². The van der Waals surface area contributed by atoms with E-state index in [1.54, 1.807) is 18.6 Å². The molecule has 3 N–H and O–H groups in total. The molecule has 2 fully saturated rings. The number of piperidine rings is 1. The van der Waals surface area contributed by atoms with Gasteiger partial charge in [0.15, 0.2) is 15.5 Å². The summed E-state index contributed by atoms with van der Waals surface area (Å²) in [5.41, 5.74) is 9.58. The molecule has 15 heteroatoms. The van der Waals surface area contributed by atoms with Crippen molar-refractivity contribution in [3.63, 3.8) is 0 Å². The Morgan fingerprint density at radius 2 is 1.95 bits per heavy atom. The first-order valence-corrected chi connectivity index (χ1v) is 15.5. The van der Waals surface area contributed by atoms with Crippen LogP contribution in [0.15, 0.2) is 47.3 Å². The summed E-state index contributed by atoms with van der Waals surface area (Å²) < 4.78 is 27.4. The number of sulfone groups is 1. The van der Waals surface area contributed by atoms with E-state index in [1.807, 2.05) is 22.4 Å². The number of nitrogens with two attached hydrogens (primary N) is 1. The number of aromatic amines is 1. The van der Waals surface area contributed by atoms with Crippen molar-refractivity contribution in [1.82, 2.24) is 44.6 Å². The summed E-state index contributed by atoms with van der Waals surface area (Å²) in [5, 5.41) is 14.7. The predicted octanol–water partition coefficient (Wildman–Crippen LogP) is 2.57. The average molecular weight is 577 g/mol. The quantitative estimate of drug-likeness (QED) is 0.316. The minimum absolute atomic E-state index is 0.00805. The second-order valence-corrected chi connectivity index (χ2v) is 13.0. The Balaban J connectivity index is 1.29. The lowest BCUT2D eigenvalue weighted by Crippen LogP contribution is -2.46. The van der Waals surface area contributed by atoms with Crippen LogP contribution >= 0.6 is 11.3 Å². The highest BCUT2D eigenvalue weighted by atomic mass is 32.2. The number of rotatable bonds is 5. The van der Waals surface area contributed by atoms with Crippen molar-refractivity contribution in [3.8, 4) is 21.8 Å².